The number of ether oxygens (including phenoxy) is 1. The van der Waals surface area contributed by atoms with E-state index in [0.717, 1.165) is 12.3 Å². The molecule has 1 saturated heterocycles. The van der Waals surface area contributed by atoms with Gasteiger partial charge in [-0.25, -0.2) is 0 Å². The van der Waals surface area contributed by atoms with E-state index in [1.54, 1.807) is 7.11 Å². The molecule has 2 nitrogen and oxygen atoms in total. The molecule has 0 saturated carbocycles. The van der Waals surface area contributed by atoms with Gasteiger partial charge in [0.1, 0.15) is 5.75 Å². The number of methoxy groups -OCH3 is 1. The van der Waals surface area contributed by atoms with Gasteiger partial charge >= 0.3 is 0 Å². The third kappa shape index (κ3) is 2.64. The van der Waals surface area contributed by atoms with Crippen molar-refractivity contribution in [3.63, 3.8) is 0 Å². The molecular weight excluding hydrogens is 234 g/mol. The molecule has 2 atom stereocenters. The van der Waals surface area contributed by atoms with Gasteiger partial charge in [0.05, 0.1) is 7.11 Å². The minimum absolute atomic E-state index is 0.140. The predicted molar refractivity (Wildman–Crippen MR) is 81.1 cm³/mol. The summed E-state index contributed by atoms with van der Waals surface area (Å²) in [7, 11) is 1.78. The minimum atomic E-state index is 0.140. The molecule has 19 heavy (non-hydrogen) atoms. The van der Waals surface area contributed by atoms with Crippen LogP contribution in [0.1, 0.15) is 43.9 Å². The van der Waals surface area contributed by atoms with Gasteiger partial charge in [0.25, 0.3) is 0 Å². The van der Waals surface area contributed by atoms with Crippen LogP contribution >= 0.6 is 0 Å². The Morgan fingerprint density at radius 2 is 1.84 bits per heavy atom. The Kier molecular flexibility index (Phi) is 3.91. The van der Waals surface area contributed by atoms with Crippen LogP contribution < -0.4 is 10.1 Å². The number of benzene rings is 1. The first kappa shape index (κ1) is 14.4. The maximum Gasteiger partial charge on any atom is 0.122 e. The molecule has 1 aliphatic heterocycles. The summed E-state index contributed by atoms with van der Waals surface area (Å²) >= 11 is 0. The first-order valence-corrected chi connectivity index (χ1v) is 7.25. The van der Waals surface area contributed by atoms with Crippen LogP contribution in [0.25, 0.3) is 0 Å². The zero-order chi connectivity index (χ0) is 14.2. The maximum absolute atomic E-state index is 5.63. The van der Waals surface area contributed by atoms with Crippen LogP contribution in [0.15, 0.2) is 12.1 Å². The fourth-order valence-electron chi connectivity index (χ4n) is 3.17. The summed E-state index contributed by atoms with van der Waals surface area (Å²) in [4.78, 5) is 0. The topological polar surface area (TPSA) is 21.3 Å². The van der Waals surface area contributed by atoms with E-state index in [2.05, 4.69) is 52.1 Å². The zero-order valence-corrected chi connectivity index (χ0v) is 13.1. The van der Waals surface area contributed by atoms with Crippen LogP contribution in [-0.4, -0.2) is 19.7 Å². The third-order valence-corrected chi connectivity index (χ3v) is 4.88. The molecule has 0 aromatic heterocycles. The quantitative estimate of drug-likeness (QED) is 0.898. The summed E-state index contributed by atoms with van der Waals surface area (Å²) in [6.45, 7) is 12.4. The molecule has 2 unspecified atom stereocenters. The summed E-state index contributed by atoms with van der Waals surface area (Å²) in [5.41, 5.74) is 4.14. The molecule has 2 heteroatoms. The van der Waals surface area contributed by atoms with Crippen molar-refractivity contribution in [3.05, 3.63) is 28.8 Å². The number of hydrogen-bond donors (Lipinski definition) is 1. The Morgan fingerprint density at radius 3 is 2.37 bits per heavy atom. The van der Waals surface area contributed by atoms with Gasteiger partial charge in [-0.1, -0.05) is 19.9 Å². The summed E-state index contributed by atoms with van der Waals surface area (Å²) in [5, 5.41) is 3.57. The number of nitrogens with one attached hydrogen (secondary N) is 1. The Morgan fingerprint density at radius 1 is 1.21 bits per heavy atom. The summed E-state index contributed by atoms with van der Waals surface area (Å²) < 4.78 is 5.63. The molecule has 106 valence electrons. The van der Waals surface area contributed by atoms with Crippen molar-refractivity contribution in [3.8, 4) is 5.75 Å². The second-order valence-corrected chi connectivity index (χ2v) is 6.60. The molecule has 0 aliphatic carbocycles. The highest BCUT2D eigenvalue weighted by Gasteiger charge is 2.37. The largest absolute Gasteiger partial charge is 0.496 e. The lowest BCUT2D eigenvalue weighted by atomic mass is 9.71. The normalized spacial score (nSPS) is 23.7. The molecule has 1 fully saturated rings. The van der Waals surface area contributed by atoms with Crippen molar-refractivity contribution in [2.75, 3.05) is 13.7 Å². The molecule has 0 radical (unpaired) electrons. The van der Waals surface area contributed by atoms with E-state index < -0.39 is 0 Å². The average molecular weight is 261 g/mol. The van der Waals surface area contributed by atoms with Crippen molar-refractivity contribution in [2.45, 2.75) is 52.5 Å². The molecule has 0 amide bonds. The summed E-state index contributed by atoms with van der Waals surface area (Å²) in [5.74, 6) is 1.70. The first-order chi connectivity index (χ1) is 8.86. The van der Waals surface area contributed by atoms with Crippen LogP contribution in [0, 0.1) is 19.8 Å². The molecule has 1 N–H and O–H groups in total. The lowest BCUT2D eigenvalue weighted by Gasteiger charge is -2.33. The van der Waals surface area contributed by atoms with Gasteiger partial charge in [-0.15, -0.1) is 0 Å². The lowest BCUT2D eigenvalue weighted by molar-refractivity contribution is 0.319. The van der Waals surface area contributed by atoms with Crippen LogP contribution in [0.5, 0.6) is 5.75 Å². The molecule has 0 bridgehead atoms. The van der Waals surface area contributed by atoms with Crippen molar-refractivity contribution in [1.29, 1.82) is 0 Å². The van der Waals surface area contributed by atoms with Crippen molar-refractivity contribution >= 4 is 0 Å². The van der Waals surface area contributed by atoms with Gasteiger partial charge in [-0.05, 0) is 62.3 Å². The molecular formula is C17H27NO. The van der Waals surface area contributed by atoms with E-state index in [1.165, 1.54) is 23.1 Å². The summed E-state index contributed by atoms with van der Waals surface area (Å²) in [6.07, 6.45) is 1.24. The summed E-state index contributed by atoms with van der Waals surface area (Å²) in [6, 6.07) is 5.12. The SMILES string of the molecule is COc1cc(C)c(C)cc1C(C)(C)C1CNC(C)C1. The molecule has 1 aromatic rings. The van der Waals surface area contributed by atoms with Crippen LogP contribution in [0.2, 0.25) is 0 Å². The minimum Gasteiger partial charge on any atom is -0.496 e. The predicted octanol–water partition coefficient (Wildman–Crippen LogP) is 3.59. The lowest BCUT2D eigenvalue weighted by Crippen LogP contribution is -2.31. The van der Waals surface area contributed by atoms with E-state index in [-0.39, 0.29) is 5.41 Å². The van der Waals surface area contributed by atoms with Gasteiger partial charge in [0.15, 0.2) is 0 Å². The fraction of sp³-hybridized carbons (Fsp3) is 0.647. The number of hydrogen-bond acceptors (Lipinski definition) is 2. The van der Waals surface area contributed by atoms with Gasteiger partial charge < -0.3 is 10.1 Å². The molecule has 0 spiro atoms. The average Bonchev–Trinajstić information content (AvgIpc) is 2.79. The third-order valence-electron chi connectivity index (χ3n) is 4.88. The van der Waals surface area contributed by atoms with E-state index in [1.807, 2.05) is 0 Å². The maximum atomic E-state index is 5.63. The van der Waals surface area contributed by atoms with Crippen molar-refractivity contribution < 1.29 is 4.74 Å². The zero-order valence-electron chi connectivity index (χ0n) is 13.1. The Labute approximate surface area is 117 Å². The number of rotatable bonds is 3. The van der Waals surface area contributed by atoms with E-state index in [9.17, 15) is 0 Å². The molecule has 1 aromatic carbocycles. The monoisotopic (exact) mass is 261 g/mol. The highest BCUT2D eigenvalue weighted by molar-refractivity contribution is 5.46. The van der Waals surface area contributed by atoms with E-state index >= 15 is 0 Å². The van der Waals surface area contributed by atoms with Crippen LogP contribution in [-0.2, 0) is 5.41 Å². The van der Waals surface area contributed by atoms with Gasteiger partial charge in [-0.3, -0.25) is 0 Å². The second-order valence-electron chi connectivity index (χ2n) is 6.60. The van der Waals surface area contributed by atoms with Crippen molar-refractivity contribution in [2.24, 2.45) is 5.92 Å². The smallest absolute Gasteiger partial charge is 0.122 e. The number of aryl methyl sites for hydroxylation is 2. The molecule has 1 heterocycles. The first-order valence-electron chi connectivity index (χ1n) is 7.25. The highest BCUT2D eigenvalue weighted by atomic mass is 16.5. The standard InChI is InChI=1S/C17H27NO/c1-11-7-15(16(19-6)8-12(11)2)17(4,5)14-9-13(3)18-10-14/h7-8,13-14,18H,9-10H2,1-6H3. The van der Waals surface area contributed by atoms with Crippen LogP contribution in [0.4, 0.5) is 0 Å². The van der Waals surface area contributed by atoms with Gasteiger partial charge in [0.2, 0.25) is 0 Å². The second kappa shape index (κ2) is 5.16. The highest BCUT2D eigenvalue weighted by Crippen LogP contribution is 2.41. The Balaban J connectivity index is 2.41. The Hall–Kier alpha value is -1.02. The Bertz CT molecular complexity index is 465. The molecule has 2 rings (SSSR count). The van der Waals surface area contributed by atoms with E-state index in [0.29, 0.717) is 12.0 Å². The van der Waals surface area contributed by atoms with Gasteiger partial charge in [0, 0.05) is 11.6 Å². The van der Waals surface area contributed by atoms with E-state index in [4.69, 9.17) is 4.74 Å². The fourth-order valence-corrected chi connectivity index (χ4v) is 3.17. The van der Waals surface area contributed by atoms with Crippen LogP contribution in [0.3, 0.4) is 0 Å². The van der Waals surface area contributed by atoms with Gasteiger partial charge in [-0.2, -0.15) is 0 Å². The van der Waals surface area contributed by atoms with Crippen molar-refractivity contribution in [1.82, 2.24) is 5.32 Å². The molecule has 1 aliphatic rings.